The minimum Gasteiger partial charge on any atom is -0.436 e. The molecule has 0 amide bonds. The molecule has 4 aliphatic carbocycles. The van der Waals surface area contributed by atoms with E-state index >= 15 is 0 Å². The zero-order valence-electron chi connectivity index (χ0n) is 75.6. The van der Waals surface area contributed by atoms with Gasteiger partial charge in [-0.2, -0.15) is 0 Å². The second-order valence-electron chi connectivity index (χ2n) is 40.3. The molecule has 8 saturated heterocycles. The van der Waals surface area contributed by atoms with E-state index in [1.54, 1.807) is 12.4 Å². The van der Waals surface area contributed by atoms with Crippen LogP contribution in [0, 0.1) is 51.9 Å². The van der Waals surface area contributed by atoms with Crippen molar-refractivity contribution < 1.29 is 22.1 Å². The molecule has 17 aromatic rings. The van der Waals surface area contributed by atoms with Gasteiger partial charge in [0.2, 0.25) is 28.6 Å². The number of anilines is 6. The lowest BCUT2D eigenvalue weighted by Crippen LogP contribution is -2.61. The van der Waals surface area contributed by atoms with E-state index in [0.717, 1.165) is 113 Å². The van der Waals surface area contributed by atoms with Crippen LogP contribution in [0.1, 0.15) is 197 Å². The standard InChI is InChI=1S/C25H24N2O.C23H21N3O.2C21H24N2O.C20H22N2O/c1-15-11-12-17-18-8-7-13-26-23(18)28-22(17)21(15)27-16(2)24(3)14-25(27,4)20-10-6-5-9-19(20)24;1-14-10-11-16-17-7-6-12-24-22(17)27-21(16)20(14)26-15(2)25-13-23(26,3)18-8-4-5-9-19(18)25;1-13-6-7-16-17-5-4-12-22-20(17)24-19(16)18(13)23-14(2)21(3)10-8-15(23)9-11-21;1-13-6-7-16-17-5-4-12-22-20(17)24-19(16)18(13)23-14(2)15-8-10-21(23,3)11-9-15;1-12-5-10-16-17-4-3-11-21-20(17)23-19(16)18(12)22-13(2)14-6-8-15(22)9-7-14/h5-13,16H,14H2,1-4H3;4-12,15H,13H2,1-3H3;2*4-7,12,14-15H,8-11H2,1-3H3;3-5,10-11,13-15H,6-9H2,1-2H3. The zero-order valence-corrected chi connectivity index (χ0v) is 75.6. The minimum absolute atomic E-state index is 0.0315. The molecular weight excluding hydrogens is 1560 g/mol. The Balaban J connectivity index is 0.0000000907. The summed E-state index contributed by atoms with van der Waals surface area (Å²) < 4.78 is 31.4. The Morgan fingerprint density at radius 1 is 0.317 bits per heavy atom. The Bertz CT molecular complexity index is 7230. The van der Waals surface area contributed by atoms with E-state index < -0.39 is 0 Å². The molecule has 8 atom stereocenters. The third kappa shape index (κ3) is 11.5. The van der Waals surface area contributed by atoms with E-state index in [4.69, 9.17) is 22.1 Å². The molecule has 16 heteroatoms. The van der Waals surface area contributed by atoms with Gasteiger partial charge in [0.25, 0.3) is 0 Å². The van der Waals surface area contributed by atoms with Crippen molar-refractivity contribution >= 4 is 144 Å². The maximum absolute atomic E-state index is 6.35. The molecule has 3 saturated carbocycles. The van der Waals surface area contributed by atoms with Crippen LogP contribution in [0.25, 0.3) is 110 Å². The summed E-state index contributed by atoms with van der Waals surface area (Å²) in [6, 6.07) is 63.8. The fourth-order valence-electron chi connectivity index (χ4n) is 26.6. The van der Waals surface area contributed by atoms with Crippen LogP contribution in [-0.4, -0.2) is 79.4 Å². The Labute approximate surface area is 737 Å². The summed E-state index contributed by atoms with van der Waals surface area (Å²) in [6.45, 7) is 36.0. The lowest BCUT2D eigenvalue weighted by molar-refractivity contribution is 0.0967. The van der Waals surface area contributed by atoms with Crippen molar-refractivity contribution in [3.63, 3.8) is 0 Å². The summed E-state index contributed by atoms with van der Waals surface area (Å²) in [5, 5.41) is 11.4. The first-order valence-corrected chi connectivity index (χ1v) is 46.7. The van der Waals surface area contributed by atoms with Gasteiger partial charge in [-0.25, -0.2) is 24.9 Å². The molecule has 0 spiro atoms. The molecule has 16 nitrogen and oxygen atoms in total. The molecule has 9 aliphatic heterocycles. The van der Waals surface area contributed by atoms with E-state index in [9.17, 15) is 0 Å². The Morgan fingerprint density at radius 2 is 0.690 bits per heavy atom. The number of rotatable bonds is 5. The van der Waals surface area contributed by atoms with Crippen LogP contribution in [0.2, 0.25) is 0 Å². The fourth-order valence-corrected chi connectivity index (χ4v) is 26.6. The summed E-state index contributed by atoms with van der Waals surface area (Å²) in [4.78, 5) is 37.9. The first-order chi connectivity index (χ1) is 60.9. The second-order valence-corrected chi connectivity index (χ2v) is 40.3. The van der Waals surface area contributed by atoms with Crippen LogP contribution in [0.15, 0.2) is 223 Å². The van der Waals surface area contributed by atoms with Crippen molar-refractivity contribution in [2.24, 2.45) is 17.3 Å². The smallest absolute Gasteiger partial charge is 0.227 e. The van der Waals surface area contributed by atoms with E-state index in [1.807, 2.05) is 48.9 Å². The largest absolute Gasteiger partial charge is 0.436 e. The highest BCUT2D eigenvalue weighted by Gasteiger charge is 2.63. The van der Waals surface area contributed by atoms with Gasteiger partial charge < -0.3 is 51.5 Å². The van der Waals surface area contributed by atoms with Gasteiger partial charge in [-0.05, 0) is 296 Å². The molecule has 10 aromatic heterocycles. The Hall–Kier alpha value is -11.9. The number of pyridine rings is 5. The number of benzene rings is 7. The number of furan rings is 5. The van der Waals surface area contributed by atoms with Gasteiger partial charge >= 0.3 is 0 Å². The van der Waals surface area contributed by atoms with E-state index in [-0.39, 0.29) is 28.2 Å². The van der Waals surface area contributed by atoms with Gasteiger partial charge in [-0.15, -0.1) is 0 Å². The van der Waals surface area contributed by atoms with E-state index in [2.05, 4.69) is 298 Å². The second kappa shape index (κ2) is 28.8. The van der Waals surface area contributed by atoms with Crippen LogP contribution in [0.5, 0.6) is 0 Å². The van der Waals surface area contributed by atoms with Crippen LogP contribution in [0.4, 0.5) is 34.1 Å². The lowest BCUT2D eigenvalue weighted by atomic mass is 9.64. The van der Waals surface area contributed by atoms with Gasteiger partial charge in [-0.3, -0.25) is 0 Å². The van der Waals surface area contributed by atoms with Crippen molar-refractivity contribution in [3.05, 3.63) is 245 Å². The summed E-state index contributed by atoms with van der Waals surface area (Å²) >= 11 is 0. The van der Waals surface area contributed by atoms with Gasteiger partial charge in [-0.1, -0.05) is 117 Å². The molecule has 0 radical (unpaired) electrons. The van der Waals surface area contributed by atoms with Crippen molar-refractivity contribution in [1.82, 2.24) is 24.9 Å². The number of aryl methyl sites for hydroxylation is 5. The minimum atomic E-state index is -0.0680. The molecule has 640 valence electrons. The van der Waals surface area contributed by atoms with E-state index in [0.29, 0.717) is 47.4 Å². The molecule has 30 rings (SSSR count). The quantitative estimate of drug-likeness (QED) is 0.161. The maximum atomic E-state index is 6.35. The van der Waals surface area contributed by atoms with Crippen molar-refractivity contribution in [3.8, 4) is 0 Å². The number of fused-ring (bicyclic) bond motifs is 34. The average molecular weight is 1670 g/mol. The summed E-state index contributed by atoms with van der Waals surface area (Å²) in [5.41, 5.74) is 27.9. The van der Waals surface area contributed by atoms with Crippen molar-refractivity contribution in [2.45, 2.75) is 252 Å². The monoisotopic (exact) mass is 1670 g/mol. The fraction of sp³-hybridized carbons (Fsp3) is 0.391. The van der Waals surface area contributed by atoms with Crippen LogP contribution < -0.4 is 29.4 Å². The number of piperidine rings is 6. The van der Waals surface area contributed by atoms with Gasteiger partial charge in [0, 0.05) is 150 Å². The molecule has 8 unspecified atom stereocenters. The number of aromatic nitrogens is 5. The highest BCUT2D eigenvalue weighted by molar-refractivity contribution is 6.13. The number of hydrogen-bond acceptors (Lipinski definition) is 16. The Morgan fingerprint density at radius 3 is 1.13 bits per heavy atom. The molecule has 19 heterocycles. The lowest BCUT2D eigenvalue weighted by Gasteiger charge is -2.58. The van der Waals surface area contributed by atoms with Crippen LogP contribution in [-0.2, 0) is 16.5 Å². The predicted molar refractivity (Wildman–Crippen MR) is 514 cm³/mol. The SMILES string of the molecule is Cc1ccc2c(oc3ncccc32)c1N1C(C)C2(C)CC1(C)c1ccccc12.Cc1ccc2c(oc3ncccc32)c1N1C(C)C2CCC1(C)CC2.Cc1ccc2c(oc3ncccc32)c1N1C(C)N2CC1(C)c1ccccc12.Cc1ccc2c(oc3ncccc32)c1N1C2CCC(C)(CC2)C1C.Cc1ccc2c(oc3ncccc32)c1N1C2CCC(CC2)C1C. The topological polar surface area (TPSA) is 150 Å². The summed E-state index contributed by atoms with van der Waals surface area (Å²) in [7, 11) is 0. The number of para-hydroxylation sites is 1. The first-order valence-electron chi connectivity index (χ1n) is 46.7. The molecule has 11 fully saturated rings. The number of hydrogen-bond donors (Lipinski definition) is 0. The normalized spacial score (nSPS) is 27.7. The molecule has 13 aliphatic rings. The molecular formula is C110H115N11O5. The zero-order chi connectivity index (χ0) is 86.1. The third-order valence-corrected chi connectivity index (χ3v) is 33.5. The average Bonchev–Trinajstić information content (AvgIpc) is 1.51. The highest BCUT2D eigenvalue weighted by Crippen LogP contribution is 2.64. The predicted octanol–water partition coefficient (Wildman–Crippen LogP) is 27.2. The van der Waals surface area contributed by atoms with Gasteiger partial charge in [0.1, 0.15) is 0 Å². The Kier molecular flexibility index (Phi) is 18.0. The van der Waals surface area contributed by atoms with Gasteiger partial charge in [0.05, 0.1) is 45.7 Å². The molecule has 10 bridgehead atoms. The van der Waals surface area contributed by atoms with Gasteiger partial charge in [0.15, 0.2) is 27.9 Å². The van der Waals surface area contributed by atoms with E-state index in [1.165, 1.54) is 172 Å². The van der Waals surface area contributed by atoms with Crippen LogP contribution in [0.3, 0.4) is 0 Å². The maximum Gasteiger partial charge on any atom is 0.227 e. The molecule has 0 N–H and O–H groups in total. The summed E-state index contributed by atoms with van der Waals surface area (Å²) in [6.07, 6.45) is 26.5. The van der Waals surface area contributed by atoms with Crippen molar-refractivity contribution in [1.29, 1.82) is 0 Å². The van der Waals surface area contributed by atoms with Crippen molar-refractivity contribution in [2.75, 3.05) is 35.9 Å². The molecule has 126 heavy (non-hydrogen) atoms. The first kappa shape index (κ1) is 78.8. The third-order valence-electron chi connectivity index (χ3n) is 33.5. The number of nitrogens with zero attached hydrogens (tertiary/aromatic N) is 11. The molecule has 7 aromatic carbocycles. The summed E-state index contributed by atoms with van der Waals surface area (Å²) in [5.74, 6) is 1.64. The van der Waals surface area contributed by atoms with Crippen LogP contribution >= 0.6 is 0 Å². The highest BCUT2D eigenvalue weighted by atomic mass is 16.4.